The smallest absolute Gasteiger partial charge is 0.292 e. The molecule has 4 heteroatoms. The predicted molar refractivity (Wildman–Crippen MR) is 75.3 cm³/mol. The van der Waals surface area contributed by atoms with Gasteiger partial charge in [-0.25, -0.2) is 0 Å². The number of methoxy groups -OCH3 is 1. The lowest BCUT2D eigenvalue weighted by Gasteiger charge is -1.99. The molecule has 0 unspecified atom stereocenters. The molecule has 0 radical (unpaired) electrons. The van der Waals surface area contributed by atoms with Crippen molar-refractivity contribution in [1.29, 1.82) is 0 Å². The first-order valence-electron chi connectivity index (χ1n) is 5.76. The molecule has 1 aromatic heterocycles. The molecule has 0 bridgehead atoms. The molecule has 2 aromatic rings. The summed E-state index contributed by atoms with van der Waals surface area (Å²) in [6, 6.07) is 9.81. The molecule has 1 heterocycles. The Morgan fingerprint density at radius 1 is 1.22 bits per heavy atom. The number of anilines is 1. The maximum atomic E-state index is 8.95. The predicted octanol–water partition coefficient (Wildman–Crippen LogP) is 2.94. The Kier molecular flexibility index (Phi) is 7.94. The molecule has 0 spiro atoms. The average Bonchev–Trinajstić information content (AvgIpc) is 2.41. The van der Waals surface area contributed by atoms with Gasteiger partial charge in [0.2, 0.25) is 0 Å². The second kappa shape index (κ2) is 8.98. The number of nitrogens with zero attached hydrogens (tertiary/aromatic N) is 1. The summed E-state index contributed by atoms with van der Waals surface area (Å²) in [5.74, 6) is 0. The SMILES string of the molecule is CC.COC=O.Cc1ccc2ccc(N)cc2n1. The van der Waals surface area contributed by atoms with Gasteiger partial charge in [-0.3, -0.25) is 9.78 Å². The molecular weight excluding hydrogens is 228 g/mol. The molecule has 98 valence electrons. The summed E-state index contributed by atoms with van der Waals surface area (Å²) in [5, 5.41) is 1.13. The second-order valence-electron chi connectivity index (χ2n) is 3.24. The van der Waals surface area contributed by atoms with Crippen molar-refractivity contribution in [2.24, 2.45) is 0 Å². The van der Waals surface area contributed by atoms with Crippen molar-refractivity contribution in [2.75, 3.05) is 12.8 Å². The summed E-state index contributed by atoms with van der Waals surface area (Å²) in [6.45, 7) is 6.35. The number of pyridine rings is 1. The van der Waals surface area contributed by atoms with E-state index in [1.807, 2.05) is 45.0 Å². The lowest BCUT2D eigenvalue weighted by molar-refractivity contribution is -0.126. The van der Waals surface area contributed by atoms with Gasteiger partial charge in [0.15, 0.2) is 0 Å². The summed E-state index contributed by atoms with van der Waals surface area (Å²) in [4.78, 5) is 13.3. The van der Waals surface area contributed by atoms with Gasteiger partial charge in [0.25, 0.3) is 6.47 Å². The number of carbonyl (C=O) groups excluding carboxylic acids is 1. The third-order valence-corrected chi connectivity index (χ3v) is 1.95. The van der Waals surface area contributed by atoms with Gasteiger partial charge in [0.1, 0.15) is 0 Å². The molecule has 1 aromatic carbocycles. The van der Waals surface area contributed by atoms with Crippen molar-refractivity contribution in [1.82, 2.24) is 4.98 Å². The Balaban J connectivity index is 0.000000415. The van der Waals surface area contributed by atoms with Gasteiger partial charge < -0.3 is 10.5 Å². The van der Waals surface area contributed by atoms with E-state index in [-0.39, 0.29) is 0 Å². The minimum absolute atomic E-state index is 0.375. The molecule has 0 fully saturated rings. The number of fused-ring (bicyclic) bond motifs is 1. The first-order valence-corrected chi connectivity index (χ1v) is 5.76. The zero-order chi connectivity index (χ0) is 14.0. The molecule has 0 amide bonds. The maximum Gasteiger partial charge on any atom is 0.292 e. The normalized spacial score (nSPS) is 8.44. The number of aromatic nitrogens is 1. The first kappa shape index (κ1) is 15.9. The van der Waals surface area contributed by atoms with Gasteiger partial charge in [-0.2, -0.15) is 0 Å². The van der Waals surface area contributed by atoms with Crippen LogP contribution in [0, 0.1) is 6.92 Å². The Bertz CT molecular complexity index is 447. The summed E-state index contributed by atoms with van der Waals surface area (Å²) in [7, 11) is 1.31. The molecule has 0 saturated carbocycles. The summed E-state index contributed by atoms with van der Waals surface area (Å²) >= 11 is 0. The van der Waals surface area contributed by atoms with Crippen LogP contribution < -0.4 is 5.73 Å². The third-order valence-electron chi connectivity index (χ3n) is 1.95. The highest BCUT2D eigenvalue weighted by Crippen LogP contribution is 2.15. The van der Waals surface area contributed by atoms with Crippen molar-refractivity contribution >= 4 is 23.1 Å². The van der Waals surface area contributed by atoms with Crippen LogP contribution in [0.1, 0.15) is 19.5 Å². The van der Waals surface area contributed by atoms with E-state index < -0.39 is 0 Å². The lowest BCUT2D eigenvalue weighted by Crippen LogP contribution is -1.86. The van der Waals surface area contributed by atoms with Crippen LogP contribution in [-0.4, -0.2) is 18.6 Å². The number of nitrogen functional groups attached to an aromatic ring is 1. The van der Waals surface area contributed by atoms with Crippen LogP contribution in [0.5, 0.6) is 0 Å². The van der Waals surface area contributed by atoms with Gasteiger partial charge in [0.05, 0.1) is 12.6 Å². The summed E-state index contributed by atoms with van der Waals surface area (Å²) in [6.07, 6.45) is 0. The molecule has 0 saturated heterocycles. The first-order chi connectivity index (χ1) is 8.67. The van der Waals surface area contributed by atoms with Gasteiger partial charge in [-0.05, 0) is 25.1 Å². The number of nitrogens with two attached hydrogens (primary N) is 1. The van der Waals surface area contributed by atoms with Crippen LogP contribution >= 0.6 is 0 Å². The fourth-order valence-corrected chi connectivity index (χ4v) is 1.24. The number of benzene rings is 1. The molecule has 2 N–H and O–H groups in total. The molecular formula is C14H20N2O2. The van der Waals surface area contributed by atoms with E-state index in [4.69, 9.17) is 10.5 Å². The number of ether oxygens (including phenoxy) is 1. The number of aryl methyl sites for hydroxylation is 1. The monoisotopic (exact) mass is 248 g/mol. The zero-order valence-electron chi connectivity index (χ0n) is 11.3. The fourth-order valence-electron chi connectivity index (χ4n) is 1.24. The standard InChI is InChI=1S/C10H10N2.C2H4O2.C2H6/c1-7-2-3-8-4-5-9(11)6-10(8)12-7;1-4-2-3;1-2/h2-6H,11H2,1H3;2H,1H3;1-2H3. The fraction of sp³-hybridized carbons (Fsp3) is 0.286. The largest absolute Gasteiger partial charge is 0.471 e. The van der Waals surface area contributed by atoms with Crippen molar-refractivity contribution in [3.8, 4) is 0 Å². The number of hydrogen-bond donors (Lipinski definition) is 1. The highest BCUT2D eigenvalue weighted by Gasteiger charge is 1.94. The van der Waals surface area contributed by atoms with Crippen molar-refractivity contribution in [3.05, 3.63) is 36.0 Å². The second-order valence-corrected chi connectivity index (χ2v) is 3.24. The van der Waals surface area contributed by atoms with Crippen LogP contribution in [-0.2, 0) is 9.53 Å². The van der Waals surface area contributed by atoms with Crippen LogP contribution in [0.3, 0.4) is 0 Å². The Morgan fingerprint density at radius 3 is 2.33 bits per heavy atom. The van der Waals surface area contributed by atoms with Gasteiger partial charge in [0, 0.05) is 16.8 Å². The molecule has 2 rings (SSSR count). The van der Waals surface area contributed by atoms with Crippen LogP contribution in [0.25, 0.3) is 10.9 Å². The van der Waals surface area contributed by atoms with Crippen LogP contribution in [0.2, 0.25) is 0 Å². The molecule has 0 aliphatic heterocycles. The van der Waals surface area contributed by atoms with E-state index >= 15 is 0 Å². The van der Waals surface area contributed by atoms with E-state index in [0.717, 1.165) is 22.3 Å². The van der Waals surface area contributed by atoms with Crippen molar-refractivity contribution in [3.63, 3.8) is 0 Å². The molecule has 0 atom stereocenters. The van der Waals surface area contributed by atoms with Crippen LogP contribution in [0.4, 0.5) is 5.69 Å². The molecule has 18 heavy (non-hydrogen) atoms. The Labute approximate surface area is 108 Å². The van der Waals surface area contributed by atoms with Crippen molar-refractivity contribution < 1.29 is 9.53 Å². The van der Waals surface area contributed by atoms with E-state index in [2.05, 4.69) is 15.8 Å². The van der Waals surface area contributed by atoms with E-state index in [0.29, 0.717) is 6.47 Å². The quantitative estimate of drug-likeness (QED) is 0.622. The van der Waals surface area contributed by atoms with Gasteiger partial charge in [-0.15, -0.1) is 0 Å². The van der Waals surface area contributed by atoms with Gasteiger partial charge in [-0.1, -0.05) is 26.0 Å². The summed E-state index contributed by atoms with van der Waals surface area (Å²) < 4.78 is 3.86. The zero-order valence-corrected chi connectivity index (χ0v) is 11.3. The number of hydrogen-bond acceptors (Lipinski definition) is 4. The van der Waals surface area contributed by atoms with E-state index in [1.54, 1.807) is 0 Å². The highest BCUT2D eigenvalue weighted by atomic mass is 16.5. The molecule has 0 aliphatic rings. The number of rotatable bonds is 1. The van der Waals surface area contributed by atoms with E-state index in [1.165, 1.54) is 7.11 Å². The highest BCUT2D eigenvalue weighted by molar-refractivity contribution is 5.81. The molecule has 4 nitrogen and oxygen atoms in total. The lowest BCUT2D eigenvalue weighted by atomic mass is 10.2. The van der Waals surface area contributed by atoms with Gasteiger partial charge >= 0.3 is 0 Å². The topological polar surface area (TPSA) is 65.2 Å². The summed E-state index contributed by atoms with van der Waals surface area (Å²) in [5.41, 5.74) is 8.39. The third kappa shape index (κ3) is 5.30. The Hall–Kier alpha value is -2.10. The maximum absolute atomic E-state index is 8.95. The minimum Gasteiger partial charge on any atom is -0.471 e. The minimum atomic E-state index is 0.375. The van der Waals surface area contributed by atoms with Crippen molar-refractivity contribution in [2.45, 2.75) is 20.8 Å². The Morgan fingerprint density at radius 2 is 1.78 bits per heavy atom. The van der Waals surface area contributed by atoms with Crippen LogP contribution in [0.15, 0.2) is 30.3 Å². The average molecular weight is 248 g/mol. The van der Waals surface area contributed by atoms with E-state index in [9.17, 15) is 0 Å². The molecule has 0 aliphatic carbocycles. The number of carbonyl (C=O) groups is 1.